The number of hydrogen-bond donors (Lipinski definition) is 1. The van der Waals surface area contributed by atoms with E-state index < -0.39 is 0 Å². The van der Waals surface area contributed by atoms with Crippen molar-refractivity contribution in [3.8, 4) is 11.5 Å². The van der Waals surface area contributed by atoms with E-state index in [2.05, 4.69) is 20.2 Å². The third-order valence-corrected chi connectivity index (χ3v) is 5.36. The van der Waals surface area contributed by atoms with Crippen LogP contribution in [0, 0.1) is 5.41 Å². The summed E-state index contributed by atoms with van der Waals surface area (Å²) >= 11 is 0. The Kier molecular flexibility index (Phi) is 4.00. The number of aliphatic imine (C=N–C) groups is 1. The molecule has 1 saturated heterocycles. The highest BCUT2D eigenvalue weighted by Gasteiger charge is 2.43. The van der Waals surface area contributed by atoms with E-state index in [1.165, 1.54) is 25.7 Å². The van der Waals surface area contributed by atoms with Crippen LogP contribution in [0.4, 0.5) is 0 Å². The number of guanidine groups is 1. The Labute approximate surface area is 142 Å². The Balaban J connectivity index is 1.37. The van der Waals surface area contributed by atoms with Crippen molar-refractivity contribution >= 4 is 5.96 Å². The molecule has 2 fully saturated rings. The van der Waals surface area contributed by atoms with Gasteiger partial charge >= 0.3 is 0 Å². The number of benzene rings is 1. The lowest BCUT2D eigenvalue weighted by molar-refractivity contribution is 0.151. The molecule has 0 amide bonds. The van der Waals surface area contributed by atoms with Gasteiger partial charge in [-0.15, -0.1) is 0 Å². The fraction of sp³-hybridized carbons (Fsp3) is 0.474. The fourth-order valence-corrected chi connectivity index (χ4v) is 3.80. The molecule has 0 atom stereocenters. The van der Waals surface area contributed by atoms with E-state index in [1.54, 1.807) is 6.26 Å². The van der Waals surface area contributed by atoms with Gasteiger partial charge in [-0.25, -0.2) is 4.98 Å². The third kappa shape index (κ3) is 2.90. The van der Waals surface area contributed by atoms with Crippen LogP contribution >= 0.6 is 0 Å². The molecule has 24 heavy (non-hydrogen) atoms. The van der Waals surface area contributed by atoms with Crippen molar-refractivity contribution in [2.24, 2.45) is 10.4 Å². The maximum absolute atomic E-state index is 5.60. The van der Waals surface area contributed by atoms with Crippen LogP contribution in [0.2, 0.25) is 0 Å². The summed E-state index contributed by atoms with van der Waals surface area (Å²) in [6, 6.07) is 9.98. The Morgan fingerprint density at radius 1 is 1.29 bits per heavy atom. The van der Waals surface area contributed by atoms with Crippen LogP contribution in [0.15, 0.2) is 46.0 Å². The first-order chi connectivity index (χ1) is 11.8. The van der Waals surface area contributed by atoms with Crippen LogP contribution in [-0.4, -0.2) is 36.0 Å². The molecule has 4 rings (SSSR count). The highest BCUT2D eigenvalue weighted by atomic mass is 16.3. The number of nitrogens with one attached hydrogen (secondary N) is 1. The monoisotopic (exact) mass is 324 g/mol. The van der Waals surface area contributed by atoms with Crippen LogP contribution in [0.1, 0.15) is 31.4 Å². The van der Waals surface area contributed by atoms with Gasteiger partial charge in [0.25, 0.3) is 0 Å². The molecule has 1 aliphatic heterocycles. The summed E-state index contributed by atoms with van der Waals surface area (Å²) in [5.41, 5.74) is 2.47. The zero-order valence-electron chi connectivity index (χ0n) is 14.2. The number of aromatic nitrogens is 1. The van der Waals surface area contributed by atoms with Crippen molar-refractivity contribution in [1.82, 2.24) is 15.2 Å². The Morgan fingerprint density at radius 3 is 2.79 bits per heavy atom. The first kappa shape index (κ1) is 15.2. The molecule has 1 saturated carbocycles. The summed E-state index contributed by atoms with van der Waals surface area (Å²) in [6.45, 7) is 2.88. The molecule has 1 spiro atoms. The number of likely N-dealkylation sites (tertiary alicyclic amines) is 1. The summed E-state index contributed by atoms with van der Waals surface area (Å²) < 4.78 is 5.60. The second-order valence-electron chi connectivity index (χ2n) is 6.94. The lowest BCUT2D eigenvalue weighted by Gasteiger charge is -2.38. The van der Waals surface area contributed by atoms with Gasteiger partial charge in [-0.3, -0.25) is 4.99 Å². The molecule has 1 aliphatic carbocycles. The summed E-state index contributed by atoms with van der Waals surface area (Å²) in [6.07, 6.45) is 7.17. The maximum atomic E-state index is 5.60. The van der Waals surface area contributed by atoms with Crippen molar-refractivity contribution in [2.45, 2.75) is 32.2 Å². The molecule has 2 aromatic rings. The normalized spacial score (nSPS) is 19.5. The predicted molar refractivity (Wildman–Crippen MR) is 94.6 cm³/mol. The molecule has 1 N–H and O–H groups in total. The zero-order chi connectivity index (χ0) is 16.4. The van der Waals surface area contributed by atoms with Crippen LogP contribution < -0.4 is 5.32 Å². The highest BCUT2D eigenvalue weighted by Crippen LogP contribution is 2.47. The molecule has 0 bridgehead atoms. The van der Waals surface area contributed by atoms with Crippen LogP contribution in [0.5, 0.6) is 0 Å². The first-order valence-electron chi connectivity index (χ1n) is 8.73. The topological polar surface area (TPSA) is 53.7 Å². The molecule has 5 heteroatoms. The standard InChI is InChI=1S/C19H24N4O/c1-20-18(23-11-10-19(14-23)8-5-9-19)21-12-16-13-24-17(22-16)15-6-3-2-4-7-15/h2-4,6-7,13H,5,8-12,14H2,1H3,(H,20,21). The largest absolute Gasteiger partial charge is 0.444 e. The van der Waals surface area contributed by atoms with Gasteiger partial charge in [-0.1, -0.05) is 24.6 Å². The summed E-state index contributed by atoms with van der Waals surface area (Å²) in [5, 5.41) is 3.43. The van der Waals surface area contributed by atoms with Crippen molar-refractivity contribution in [3.05, 3.63) is 42.3 Å². The minimum Gasteiger partial charge on any atom is -0.444 e. The van der Waals surface area contributed by atoms with E-state index >= 15 is 0 Å². The summed E-state index contributed by atoms with van der Waals surface area (Å²) in [4.78, 5) is 11.4. The number of rotatable bonds is 3. The number of oxazole rings is 1. The molecule has 2 aliphatic rings. The first-order valence-corrected chi connectivity index (χ1v) is 8.73. The Morgan fingerprint density at radius 2 is 2.12 bits per heavy atom. The van der Waals surface area contributed by atoms with Gasteiger partial charge in [0.15, 0.2) is 5.96 Å². The van der Waals surface area contributed by atoms with E-state index in [1.807, 2.05) is 37.4 Å². The molecule has 1 aromatic carbocycles. The molecule has 2 heterocycles. The van der Waals surface area contributed by atoms with Gasteiger partial charge in [0, 0.05) is 25.7 Å². The average Bonchev–Trinajstić information content (AvgIpc) is 3.23. The predicted octanol–water partition coefficient (Wildman–Crippen LogP) is 3.29. The van der Waals surface area contributed by atoms with Crippen LogP contribution in [0.25, 0.3) is 11.5 Å². The van der Waals surface area contributed by atoms with Gasteiger partial charge < -0.3 is 14.6 Å². The van der Waals surface area contributed by atoms with E-state index in [0.717, 1.165) is 30.3 Å². The molecule has 0 unspecified atom stereocenters. The quantitative estimate of drug-likeness (QED) is 0.695. The van der Waals surface area contributed by atoms with Gasteiger partial charge in [0.1, 0.15) is 6.26 Å². The molecule has 126 valence electrons. The number of hydrogen-bond acceptors (Lipinski definition) is 3. The van der Waals surface area contributed by atoms with Crippen molar-refractivity contribution < 1.29 is 4.42 Å². The zero-order valence-corrected chi connectivity index (χ0v) is 14.2. The molecule has 5 nitrogen and oxygen atoms in total. The van der Waals surface area contributed by atoms with E-state index in [-0.39, 0.29) is 0 Å². The molecule has 1 aromatic heterocycles. The van der Waals surface area contributed by atoms with E-state index in [9.17, 15) is 0 Å². The second-order valence-corrected chi connectivity index (χ2v) is 6.94. The molecular weight excluding hydrogens is 300 g/mol. The van der Waals surface area contributed by atoms with Crippen molar-refractivity contribution in [1.29, 1.82) is 0 Å². The minimum atomic E-state index is 0.575. The molecule has 0 radical (unpaired) electrons. The van der Waals surface area contributed by atoms with Crippen LogP contribution in [0.3, 0.4) is 0 Å². The summed E-state index contributed by atoms with van der Waals surface area (Å²) in [7, 11) is 1.85. The van der Waals surface area contributed by atoms with E-state index in [0.29, 0.717) is 17.9 Å². The fourth-order valence-electron chi connectivity index (χ4n) is 3.80. The highest BCUT2D eigenvalue weighted by molar-refractivity contribution is 5.80. The SMILES string of the molecule is CN=C(NCc1coc(-c2ccccc2)n1)N1CCC2(CCC2)C1. The van der Waals surface area contributed by atoms with Gasteiger partial charge in [-0.05, 0) is 36.8 Å². The minimum absolute atomic E-state index is 0.575. The van der Waals surface area contributed by atoms with Gasteiger partial charge in [-0.2, -0.15) is 0 Å². The Bertz CT molecular complexity index is 718. The lowest BCUT2D eigenvalue weighted by Crippen LogP contribution is -2.42. The Hall–Kier alpha value is -2.30. The van der Waals surface area contributed by atoms with Crippen molar-refractivity contribution in [3.63, 3.8) is 0 Å². The third-order valence-electron chi connectivity index (χ3n) is 5.36. The van der Waals surface area contributed by atoms with Gasteiger partial charge in [0.05, 0.1) is 12.2 Å². The van der Waals surface area contributed by atoms with Crippen LogP contribution in [-0.2, 0) is 6.54 Å². The number of nitrogens with zero attached hydrogens (tertiary/aromatic N) is 3. The smallest absolute Gasteiger partial charge is 0.226 e. The maximum Gasteiger partial charge on any atom is 0.226 e. The average molecular weight is 324 g/mol. The molecular formula is C19H24N4O. The lowest BCUT2D eigenvalue weighted by atomic mass is 9.68. The second kappa shape index (κ2) is 6.30. The van der Waals surface area contributed by atoms with E-state index in [4.69, 9.17) is 4.42 Å². The van der Waals surface area contributed by atoms with Gasteiger partial charge in [0.2, 0.25) is 5.89 Å². The van der Waals surface area contributed by atoms with Crippen molar-refractivity contribution in [2.75, 3.05) is 20.1 Å². The summed E-state index contributed by atoms with van der Waals surface area (Å²) in [5.74, 6) is 1.64.